The second-order valence-electron chi connectivity index (χ2n) is 6.52. The van der Waals surface area contributed by atoms with Crippen molar-refractivity contribution in [1.82, 2.24) is 15.1 Å². The van der Waals surface area contributed by atoms with Crippen molar-refractivity contribution in [2.24, 2.45) is 4.99 Å². The molecule has 1 aliphatic rings. The molecular formula is C19H20BN5O4. The highest BCUT2D eigenvalue weighted by Gasteiger charge is 2.23. The van der Waals surface area contributed by atoms with Crippen molar-refractivity contribution in [1.29, 1.82) is 0 Å². The standard InChI is InChI=1S/C19H20BN5O4/c1-4-29-18(28)16-15(14(10-26)22-23-16)21-19(20)25(3)12-6-5-11-7-8-24(2)17(27)13(11)9-12/h5-6,9-10H,4,7-8H2,1-3H3,(H,22,23). The van der Waals surface area contributed by atoms with Crippen LogP contribution in [0.15, 0.2) is 23.2 Å². The number of aliphatic imine (C=N–C) groups is 1. The van der Waals surface area contributed by atoms with Crippen LogP contribution in [0.4, 0.5) is 11.4 Å². The van der Waals surface area contributed by atoms with Gasteiger partial charge in [0.25, 0.3) is 5.91 Å². The lowest BCUT2D eigenvalue weighted by molar-refractivity contribution is 0.0520. The van der Waals surface area contributed by atoms with Crippen LogP contribution in [0.2, 0.25) is 0 Å². The summed E-state index contributed by atoms with van der Waals surface area (Å²) in [7, 11) is 9.54. The number of benzene rings is 1. The lowest BCUT2D eigenvalue weighted by Gasteiger charge is -2.27. The SMILES string of the molecule is [B]C(=Nc1c(C(=O)OCC)n[nH]c1C=O)N(C)c1ccc2c(c1)C(=O)N(C)CC2. The minimum absolute atomic E-state index is 0.00318. The summed E-state index contributed by atoms with van der Waals surface area (Å²) in [5.74, 6) is -0.770. The molecule has 3 rings (SSSR count). The number of amidine groups is 1. The third-order valence-corrected chi connectivity index (χ3v) is 4.70. The number of carbonyl (C=O) groups is 3. The zero-order valence-electron chi connectivity index (χ0n) is 16.4. The topological polar surface area (TPSA) is 108 Å². The van der Waals surface area contributed by atoms with Gasteiger partial charge in [0.1, 0.15) is 11.4 Å². The number of aromatic amines is 1. The summed E-state index contributed by atoms with van der Waals surface area (Å²) >= 11 is 0. The van der Waals surface area contributed by atoms with Gasteiger partial charge in [-0.2, -0.15) is 5.10 Å². The number of H-pyrrole nitrogens is 1. The number of fused-ring (bicyclic) bond motifs is 1. The van der Waals surface area contributed by atoms with Crippen LogP contribution >= 0.6 is 0 Å². The number of anilines is 1. The summed E-state index contributed by atoms with van der Waals surface area (Å²) in [5, 5.41) is 6.25. The normalized spacial score (nSPS) is 13.8. The predicted molar refractivity (Wildman–Crippen MR) is 108 cm³/mol. The summed E-state index contributed by atoms with van der Waals surface area (Å²) in [6.45, 7) is 2.49. The molecule has 0 saturated carbocycles. The van der Waals surface area contributed by atoms with Gasteiger partial charge in [-0.25, -0.2) is 9.79 Å². The van der Waals surface area contributed by atoms with Crippen molar-refractivity contribution < 1.29 is 19.1 Å². The molecule has 1 N–H and O–H groups in total. The lowest BCUT2D eigenvalue weighted by Crippen LogP contribution is -2.34. The maximum Gasteiger partial charge on any atom is 0.361 e. The summed E-state index contributed by atoms with van der Waals surface area (Å²) in [5.41, 5.74) is 2.11. The van der Waals surface area contributed by atoms with E-state index in [0.717, 1.165) is 12.0 Å². The molecule has 10 heteroatoms. The van der Waals surface area contributed by atoms with E-state index in [-0.39, 0.29) is 35.3 Å². The monoisotopic (exact) mass is 393 g/mol. The van der Waals surface area contributed by atoms with Gasteiger partial charge in [0, 0.05) is 31.9 Å². The highest BCUT2D eigenvalue weighted by Crippen LogP contribution is 2.26. The first-order valence-corrected chi connectivity index (χ1v) is 9.04. The second kappa shape index (κ2) is 8.30. The van der Waals surface area contributed by atoms with Crippen LogP contribution in [0.5, 0.6) is 0 Å². The number of aromatic nitrogens is 2. The molecule has 0 aliphatic carbocycles. The molecule has 0 bridgehead atoms. The fraction of sp³-hybridized carbons (Fsp3) is 0.316. The fourth-order valence-corrected chi connectivity index (χ4v) is 2.99. The molecule has 9 nitrogen and oxygen atoms in total. The van der Waals surface area contributed by atoms with E-state index in [9.17, 15) is 14.4 Å². The molecule has 0 saturated heterocycles. The van der Waals surface area contributed by atoms with Crippen LogP contribution in [0.1, 0.15) is 43.8 Å². The Hall–Kier alpha value is -3.43. The highest BCUT2D eigenvalue weighted by atomic mass is 16.5. The Bertz CT molecular complexity index is 1000. The quantitative estimate of drug-likeness (QED) is 0.270. The zero-order chi connectivity index (χ0) is 21.1. The van der Waals surface area contributed by atoms with Crippen molar-refractivity contribution in [3.05, 3.63) is 40.7 Å². The molecule has 2 heterocycles. The van der Waals surface area contributed by atoms with Gasteiger partial charge in [0.15, 0.2) is 19.8 Å². The maximum atomic E-state index is 12.4. The van der Waals surface area contributed by atoms with Crippen molar-refractivity contribution in [2.75, 3.05) is 32.1 Å². The Kier molecular flexibility index (Phi) is 5.81. The molecule has 1 aliphatic heterocycles. The summed E-state index contributed by atoms with van der Waals surface area (Å²) in [4.78, 5) is 43.2. The van der Waals surface area contributed by atoms with Crippen LogP contribution in [0.25, 0.3) is 0 Å². The first-order chi connectivity index (χ1) is 13.9. The van der Waals surface area contributed by atoms with Crippen LogP contribution in [0, 0.1) is 0 Å². The summed E-state index contributed by atoms with van der Waals surface area (Å²) in [6.07, 6.45) is 1.28. The van der Waals surface area contributed by atoms with Crippen LogP contribution < -0.4 is 4.90 Å². The van der Waals surface area contributed by atoms with Crippen molar-refractivity contribution in [3.63, 3.8) is 0 Å². The Labute approximate surface area is 169 Å². The van der Waals surface area contributed by atoms with E-state index < -0.39 is 5.97 Å². The number of ether oxygens (including phenoxy) is 1. The Morgan fingerprint density at radius 3 is 2.93 bits per heavy atom. The number of rotatable bonds is 5. The molecule has 0 spiro atoms. The lowest BCUT2D eigenvalue weighted by atomic mass is 9.97. The first kappa shape index (κ1) is 20.3. The third kappa shape index (κ3) is 3.91. The highest BCUT2D eigenvalue weighted by molar-refractivity contribution is 6.62. The molecule has 0 unspecified atom stereocenters. The molecule has 0 atom stereocenters. The van der Waals surface area contributed by atoms with E-state index in [2.05, 4.69) is 15.2 Å². The van der Waals surface area contributed by atoms with E-state index in [0.29, 0.717) is 24.1 Å². The first-order valence-electron chi connectivity index (χ1n) is 9.04. The number of nitrogens with one attached hydrogen (secondary N) is 1. The van der Waals surface area contributed by atoms with Gasteiger partial charge >= 0.3 is 5.97 Å². The minimum Gasteiger partial charge on any atom is -0.461 e. The van der Waals surface area contributed by atoms with Crippen LogP contribution in [-0.2, 0) is 11.2 Å². The van der Waals surface area contributed by atoms with E-state index in [1.165, 1.54) is 0 Å². The third-order valence-electron chi connectivity index (χ3n) is 4.70. The largest absolute Gasteiger partial charge is 0.461 e. The number of esters is 1. The Balaban J connectivity index is 1.95. The number of amides is 1. The Morgan fingerprint density at radius 1 is 1.48 bits per heavy atom. The molecule has 1 amide bonds. The summed E-state index contributed by atoms with van der Waals surface area (Å²) < 4.78 is 4.93. The van der Waals surface area contributed by atoms with E-state index in [1.54, 1.807) is 36.9 Å². The number of nitrogens with zero attached hydrogens (tertiary/aromatic N) is 4. The molecule has 29 heavy (non-hydrogen) atoms. The van der Waals surface area contributed by atoms with E-state index >= 15 is 0 Å². The molecule has 148 valence electrons. The van der Waals surface area contributed by atoms with E-state index in [1.807, 2.05) is 12.1 Å². The van der Waals surface area contributed by atoms with E-state index in [4.69, 9.17) is 12.6 Å². The second-order valence-corrected chi connectivity index (χ2v) is 6.52. The predicted octanol–water partition coefficient (Wildman–Crippen LogP) is 1.32. The average molecular weight is 393 g/mol. The Morgan fingerprint density at radius 2 is 2.24 bits per heavy atom. The summed E-state index contributed by atoms with van der Waals surface area (Å²) in [6, 6.07) is 5.47. The number of aldehydes is 1. The number of likely N-dealkylation sites (N-methyl/N-ethyl adjacent to an activating group) is 1. The molecule has 1 aromatic heterocycles. The molecule has 2 aromatic rings. The van der Waals surface area contributed by atoms with Gasteiger partial charge in [0.2, 0.25) is 0 Å². The van der Waals surface area contributed by atoms with Crippen molar-refractivity contribution in [2.45, 2.75) is 13.3 Å². The van der Waals surface area contributed by atoms with Crippen molar-refractivity contribution >= 4 is 43.1 Å². The smallest absolute Gasteiger partial charge is 0.361 e. The van der Waals surface area contributed by atoms with Gasteiger partial charge in [-0.1, -0.05) is 6.07 Å². The number of hydrogen-bond donors (Lipinski definition) is 1. The molecule has 2 radical (unpaired) electrons. The van der Waals surface area contributed by atoms with Gasteiger partial charge in [-0.3, -0.25) is 14.7 Å². The van der Waals surface area contributed by atoms with Gasteiger partial charge in [-0.15, -0.1) is 0 Å². The maximum absolute atomic E-state index is 12.4. The van der Waals surface area contributed by atoms with Crippen LogP contribution in [-0.4, -0.2) is 74.1 Å². The fourth-order valence-electron chi connectivity index (χ4n) is 2.99. The van der Waals surface area contributed by atoms with Gasteiger partial charge in [0.05, 0.1) is 12.3 Å². The zero-order valence-corrected chi connectivity index (χ0v) is 16.4. The van der Waals surface area contributed by atoms with Gasteiger partial charge < -0.3 is 14.5 Å². The van der Waals surface area contributed by atoms with Crippen LogP contribution in [0.3, 0.4) is 0 Å². The number of hydrogen-bond acceptors (Lipinski definition) is 6. The van der Waals surface area contributed by atoms with Gasteiger partial charge in [-0.05, 0) is 31.0 Å². The minimum atomic E-state index is -0.714. The molecule has 1 aromatic carbocycles. The van der Waals surface area contributed by atoms with Crippen molar-refractivity contribution in [3.8, 4) is 0 Å². The molecular weight excluding hydrogens is 373 g/mol. The average Bonchev–Trinajstić information content (AvgIpc) is 3.12. The number of carbonyl (C=O) groups excluding carboxylic acids is 3. The molecule has 0 fully saturated rings.